The molecule has 0 saturated carbocycles. The van der Waals surface area contributed by atoms with E-state index in [1.165, 1.54) is 0 Å². The van der Waals surface area contributed by atoms with Gasteiger partial charge in [-0.25, -0.2) is 4.79 Å². The molecule has 4 N–H and O–H groups in total. The van der Waals surface area contributed by atoms with Gasteiger partial charge in [0, 0.05) is 0 Å². The van der Waals surface area contributed by atoms with Crippen molar-refractivity contribution < 1.29 is 20.5 Å². The van der Waals surface area contributed by atoms with Gasteiger partial charge in [-0.1, -0.05) is 0 Å². The van der Waals surface area contributed by atoms with Gasteiger partial charge < -0.3 is 15.7 Å². The molecule has 0 bridgehead atoms. The molecule has 0 unspecified atom stereocenters. The Hall–Kier alpha value is 2.28. The van der Waals surface area contributed by atoms with Crippen molar-refractivity contribution in [3.8, 4) is 0 Å². The second-order valence-electron chi connectivity index (χ2n) is 0.283. The third kappa shape index (κ3) is 62.8. The molecule has 0 spiro atoms. The van der Waals surface area contributed by atoms with Crippen LogP contribution in [0.1, 0.15) is 0 Å². The molecule has 4 nitrogen and oxygen atoms in total. The molecule has 0 fully saturated rings. The molecule has 0 heterocycles. The van der Waals surface area contributed by atoms with Crippen LogP contribution < -0.4 is 0 Å². The van der Waals surface area contributed by atoms with E-state index in [-0.39, 0.29) is 104 Å². The Balaban J connectivity index is -0.0000000150. The predicted molar refractivity (Wildman–Crippen MR) is 28.6 cm³/mol. The fourth-order valence-electron chi connectivity index (χ4n) is 0. The number of rotatable bonds is 0. The van der Waals surface area contributed by atoms with Crippen molar-refractivity contribution >= 4 is 105 Å². The van der Waals surface area contributed by atoms with Gasteiger partial charge in [0.2, 0.25) is 0 Å². The molecule has 0 aliphatic heterocycles. The van der Waals surface area contributed by atoms with Crippen LogP contribution in [0.15, 0.2) is 0 Å². The van der Waals surface area contributed by atoms with Crippen molar-refractivity contribution in [2.75, 3.05) is 0 Å². The molecule has 0 saturated heterocycles. The first-order valence-electron chi connectivity index (χ1n) is 0.651. The van der Waals surface area contributed by atoms with Crippen molar-refractivity contribution in [2.24, 2.45) is 0 Å². The molecule has 0 amide bonds. The average molecular weight is 238 g/mol. The minimum absolute atomic E-state index is 0. The Bertz CT molecular complexity index is 34.7. The molecule has 7 heavy (non-hydrogen) atoms. The zero-order valence-electron chi connectivity index (χ0n) is 2.30. The summed E-state index contributed by atoms with van der Waals surface area (Å²) in [6.45, 7) is 0. The van der Waals surface area contributed by atoms with E-state index in [2.05, 4.69) is 0 Å². The zero-order chi connectivity index (χ0) is 3.58. The van der Waals surface area contributed by atoms with Crippen LogP contribution >= 0.6 is 0 Å². The molecule has 0 aliphatic carbocycles. The van der Waals surface area contributed by atoms with E-state index in [4.69, 9.17) is 15.0 Å². The van der Waals surface area contributed by atoms with Gasteiger partial charge in [0.05, 0.1) is 0 Å². The van der Waals surface area contributed by atoms with Gasteiger partial charge >= 0.3 is 105 Å². The first kappa shape index (κ1) is 22.8. The van der Waals surface area contributed by atoms with Gasteiger partial charge in [0.15, 0.2) is 0 Å². The summed E-state index contributed by atoms with van der Waals surface area (Å²) in [5.74, 6) is 0. The molecule has 0 aromatic rings. The topological polar surface area (TPSA) is 89.0 Å². The fourth-order valence-corrected chi connectivity index (χ4v) is 0. The van der Waals surface area contributed by atoms with Crippen molar-refractivity contribution in [2.45, 2.75) is 0 Å². The molecule has 0 aliphatic rings. The summed E-state index contributed by atoms with van der Waals surface area (Å²) in [6, 6.07) is 0. The van der Waals surface area contributed by atoms with Crippen LogP contribution in [-0.4, -0.2) is 120 Å². The van der Waals surface area contributed by atoms with Crippen LogP contribution in [0.3, 0.4) is 0 Å². The van der Waals surface area contributed by atoms with Gasteiger partial charge in [-0.3, -0.25) is 0 Å². The summed E-state index contributed by atoms with van der Waals surface area (Å²) in [5.41, 5.74) is 0. The number of carboxylic acid groups (broad SMARTS) is 2. The first-order valence-corrected chi connectivity index (χ1v) is 0.651. The van der Waals surface area contributed by atoms with Crippen molar-refractivity contribution in [1.29, 1.82) is 0 Å². The van der Waals surface area contributed by atoms with Crippen molar-refractivity contribution in [3.63, 3.8) is 0 Å². The molecule has 0 rings (SSSR count). The van der Waals surface area contributed by atoms with Gasteiger partial charge in [-0.15, -0.1) is 0 Å². The van der Waals surface area contributed by atoms with Gasteiger partial charge in [0.25, 0.3) is 0 Å². The molecular weight excluding hydrogens is 232 g/mol. The second kappa shape index (κ2) is 15.7. The summed E-state index contributed by atoms with van der Waals surface area (Å²) in [6.07, 6.45) is -1.83. The molecule has 0 radical (unpaired) electrons. The maximum atomic E-state index is 8.56. The molecule has 0 aromatic carbocycles. The SMILES string of the molecule is O.O=C(O)O.[CsH].[NaH]. The Morgan fingerprint density at radius 3 is 1.29 bits per heavy atom. The summed E-state index contributed by atoms with van der Waals surface area (Å²) < 4.78 is 0. The van der Waals surface area contributed by atoms with E-state index in [0.29, 0.717) is 0 Å². The average Bonchev–Trinajstić information content (AvgIpc) is 0.811. The molecular formula is CH6CsNaO4. The van der Waals surface area contributed by atoms with E-state index >= 15 is 0 Å². The second-order valence-corrected chi connectivity index (χ2v) is 0.283. The summed E-state index contributed by atoms with van der Waals surface area (Å²) in [7, 11) is 0. The summed E-state index contributed by atoms with van der Waals surface area (Å²) in [5, 5.41) is 13.9. The Morgan fingerprint density at radius 1 is 1.29 bits per heavy atom. The third-order valence-electron chi connectivity index (χ3n) is 0. The van der Waals surface area contributed by atoms with Crippen LogP contribution in [0.5, 0.6) is 0 Å². The van der Waals surface area contributed by atoms with Gasteiger partial charge in [-0.2, -0.15) is 0 Å². The van der Waals surface area contributed by atoms with E-state index in [9.17, 15) is 0 Å². The van der Waals surface area contributed by atoms with E-state index < -0.39 is 6.16 Å². The van der Waals surface area contributed by atoms with Crippen LogP contribution in [0.2, 0.25) is 0 Å². The van der Waals surface area contributed by atoms with Crippen LogP contribution in [0.25, 0.3) is 0 Å². The molecule has 0 aromatic heterocycles. The number of hydrogen-bond donors (Lipinski definition) is 2. The third-order valence-corrected chi connectivity index (χ3v) is 0. The Kier molecular flexibility index (Phi) is 51.3. The molecule has 6 heteroatoms. The first-order chi connectivity index (χ1) is 1.73. The fraction of sp³-hybridized carbons (Fsp3) is 0. The van der Waals surface area contributed by atoms with E-state index in [1.54, 1.807) is 0 Å². The maximum absolute atomic E-state index is 8.56. The van der Waals surface area contributed by atoms with E-state index in [1.807, 2.05) is 0 Å². The van der Waals surface area contributed by atoms with E-state index in [0.717, 1.165) is 0 Å². The summed E-state index contributed by atoms with van der Waals surface area (Å²) >= 11 is 0. The monoisotopic (exact) mass is 238 g/mol. The Morgan fingerprint density at radius 2 is 1.29 bits per heavy atom. The normalized spacial score (nSPS) is 3.43. The molecule has 36 valence electrons. The minimum atomic E-state index is -1.83. The van der Waals surface area contributed by atoms with Crippen LogP contribution in [-0.2, 0) is 0 Å². The number of hydrogen-bond acceptors (Lipinski definition) is 1. The summed E-state index contributed by atoms with van der Waals surface area (Å²) in [4.78, 5) is 8.56. The standard InChI is InChI=1S/CH2O3.Cs.Na.H2O.2H/c2-1(3)4;;;;;/h(H2,2,3,4);;;1H2;;. The van der Waals surface area contributed by atoms with Gasteiger partial charge in [0.1, 0.15) is 0 Å². The van der Waals surface area contributed by atoms with Crippen LogP contribution in [0.4, 0.5) is 4.79 Å². The predicted octanol–water partition coefficient (Wildman–Crippen LogP) is -1.90. The van der Waals surface area contributed by atoms with Crippen LogP contribution in [0, 0.1) is 0 Å². The zero-order valence-corrected chi connectivity index (χ0v) is 2.30. The van der Waals surface area contributed by atoms with Gasteiger partial charge in [-0.05, 0) is 0 Å². The molecule has 0 atom stereocenters. The quantitative estimate of drug-likeness (QED) is 0.483. The van der Waals surface area contributed by atoms with Crippen molar-refractivity contribution in [1.82, 2.24) is 0 Å². The van der Waals surface area contributed by atoms with Crippen molar-refractivity contribution in [3.05, 3.63) is 0 Å². The Labute approximate surface area is 122 Å². The number of carbonyl (C=O) groups is 1.